The Kier molecular flexibility index (Phi) is 6.03. The fourth-order valence-corrected chi connectivity index (χ4v) is 3.60. The quantitative estimate of drug-likeness (QED) is 0.328. The zero-order valence-corrected chi connectivity index (χ0v) is 18.4. The molecule has 0 atom stereocenters. The number of anilines is 2. The van der Waals surface area contributed by atoms with Crippen molar-refractivity contribution in [3.8, 4) is 16.9 Å². The van der Waals surface area contributed by atoms with E-state index in [0.717, 1.165) is 15.7 Å². The van der Waals surface area contributed by atoms with Crippen LogP contribution in [0, 0.1) is 0 Å². The van der Waals surface area contributed by atoms with E-state index in [0.29, 0.717) is 27.2 Å². The number of nitrogens with zero attached hydrogens (tertiary/aromatic N) is 3. The molecule has 2 aromatic carbocycles. The van der Waals surface area contributed by atoms with Crippen LogP contribution in [0.2, 0.25) is 10.0 Å². The monoisotopic (exact) mass is 501 g/mol. The maximum atomic E-state index is 12.6. The molecule has 0 saturated carbocycles. The molecule has 2 aromatic heterocycles. The normalized spacial score (nSPS) is 10.6. The molecule has 9 heteroatoms. The van der Waals surface area contributed by atoms with Crippen molar-refractivity contribution in [2.75, 3.05) is 10.6 Å². The number of hydrogen-bond donors (Lipinski definition) is 2. The highest BCUT2D eigenvalue weighted by molar-refractivity contribution is 9.10. The van der Waals surface area contributed by atoms with Gasteiger partial charge in [-0.05, 0) is 54.6 Å². The summed E-state index contributed by atoms with van der Waals surface area (Å²) < 4.78 is 2.59. The SMILES string of the molecule is O=C(Nc1cc(Cl)cc(Cl)c1)Nc1cc(-c2cccnc2)nn1-c1ccc(Br)cc1. The molecular weight excluding hydrogens is 489 g/mol. The number of carbonyl (C=O) groups is 1. The molecule has 0 fully saturated rings. The van der Waals surface area contributed by atoms with Crippen molar-refractivity contribution < 1.29 is 4.79 Å². The molecule has 2 heterocycles. The molecule has 0 aliphatic carbocycles. The molecular formula is C21H14BrCl2N5O. The van der Waals surface area contributed by atoms with Gasteiger partial charge in [0.25, 0.3) is 0 Å². The van der Waals surface area contributed by atoms with Crippen molar-refractivity contribution in [2.24, 2.45) is 0 Å². The van der Waals surface area contributed by atoms with E-state index in [1.807, 2.05) is 36.4 Å². The number of pyridine rings is 1. The second-order valence-electron chi connectivity index (χ2n) is 6.28. The van der Waals surface area contributed by atoms with E-state index in [4.69, 9.17) is 23.2 Å². The lowest BCUT2D eigenvalue weighted by Crippen LogP contribution is -2.21. The van der Waals surface area contributed by atoms with Crippen molar-refractivity contribution in [2.45, 2.75) is 0 Å². The number of amides is 2. The minimum atomic E-state index is -0.454. The van der Waals surface area contributed by atoms with Gasteiger partial charge in [-0.1, -0.05) is 39.1 Å². The zero-order valence-electron chi connectivity index (χ0n) is 15.3. The maximum absolute atomic E-state index is 12.6. The molecule has 6 nitrogen and oxygen atoms in total. The van der Waals surface area contributed by atoms with Crippen LogP contribution in [0.1, 0.15) is 0 Å². The van der Waals surface area contributed by atoms with Gasteiger partial charge in [-0.15, -0.1) is 0 Å². The van der Waals surface area contributed by atoms with Gasteiger partial charge in [-0.3, -0.25) is 10.3 Å². The third kappa shape index (κ3) is 4.81. The minimum Gasteiger partial charge on any atom is -0.308 e. The van der Waals surface area contributed by atoms with E-state index in [-0.39, 0.29) is 0 Å². The van der Waals surface area contributed by atoms with Crippen molar-refractivity contribution in [3.05, 3.63) is 87.6 Å². The smallest absolute Gasteiger partial charge is 0.308 e. The number of carbonyl (C=O) groups excluding carboxylic acids is 1. The first-order valence-corrected chi connectivity index (χ1v) is 10.3. The van der Waals surface area contributed by atoms with E-state index in [9.17, 15) is 4.79 Å². The van der Waals surface area contributed by atoms with Crippen LogP contribution in [0.5, 0.6) is 0 Å². The lowest BCUT2D eigenvalue weighted by Gasteiger charge is -2.10. The van der Waals surface area contributed by atoms with Crippen LogP contribution < -0.4 is 10.6 Å². The van der Waals surface area contributed by atoms with E-state index < -0.39 is 6.03 Å². The Morgan fingerprint density at radius 1 is 0.967 bits per heavy atom. The standard InChI is InChI=1S/C21H14BrCl2N5O/c22-14-3-5-18(6-4-14)29-20(11-19(28-29)13-2-1-7-25-12-13)27-21(30)26-17-9-15(23)8-16(24)10-17/h1-12H,(H2,26,27,30). The Bertz CT molecular complexity index is 1180. The van der Waals surface area contributed by atoms with E-state index >= 15 is 0 Å². The highest BCUT2D eigenvalue weighted by atomic mass is 79.9. The van der Waals surface area contributed by atoms with Gasteiger partial charge < -0.3 is 5.32 Å². The summed E-state index contributed by atoms with van der Waals surface area (Å²) in [7, 11) is 0. The zero-order chi connectivity index (χ0) is 21.1. The summed E-state index contributed by atoms with van der Waals surface area (Å²) in [5, 5.41) is 11.1. The number of rotatable bonds is 4. The molecule has 2 amide bonds. The Balaban J connectivity index is 1.66. The first kappa shape index (κ1) is 20.4. The van der Waals surface area contributed by atoms with Crippen LogP contribution in [0.4, 0.5) is 16.3 Å². The number of hydrogen-bond acceptors (Lipinski definition) is 3. The second-order valence-corrected chi connectivity index (χ2v) is 8.07. The fourth-order valence-electron chi connectivity index (χ4n) is 2.81. The summed E-state index contributed by atoms with van der Waals surface area (Å²) in [6.07, 6.45) is 3.41. The van der Waals surface area contributed by atoms with Gasteiger partial charge >= 0.3 is 6.03 Å². The first-order chi connectivity index (χ1) is 14.5. The summed E-state index contributed by atoms with van der Waals surface area (Å²) in [5.41, 5.74) is 2.77. The predicted octanol–water partition coefficient (Wildman–Crippen LogP) is 6.65. The average Bonchev–Trinajstić information content (AvgIpc) is 3.12. The molecule has 4 rings (SSSR count). The van der Waals surface area contributed by atoms with Crippen LogP contribution in [-0.4, -0.2) is 20.8 Å². The second kappa shape index (κ2) is 8.87. The molecule has 2 N–H and O–H groups in total. The van der Waals surface area contributed by atoms with Crippen LogP contribution in [0.25, 0.3) is 16.9 Å². The maximum Gasteiger partial charge on any atom is 0.324 e. The number of halogens is 3. The van der Waals surface area contributed by atoms with Crippen molar-refractivity contribution in [3.63, 3.8) is 0 Å². The molecule has 4 aromatic rings. The number of aromatic nitrogens is 3. The molecule has 0 spiro atoms. The van der Waals surface area contributed by atoms with Gasteiger partial charge in [-0.2, -0.15) is 5.10 Å². The summed E-state index contributed by atoms with van der Waals surface area (Å²) >= 11 is 15.4. The number of urea groups is 1. The van der Waals surface area contributed by atoms with Crippen LogP contribution in [0.3, 0.4) is 0 Å². The van der Waals surface area contributed by atoms with Gasteiger partial charge in [0.1, 0.15) is 5.82 Å². The van der Waals surface area contributed by atoms with E-state index in [1.165, 1.54) is 0 Å². The Hall–Kier alpha value is -2.87. The molecule has 0 aliphatic rings. The third-order valence-electron chi connectivity index (χ3n) is 4.10. The Morgan fingerprint density at radius 2 is 1.70 bits per heavy atom. The Morgan fingerprint density at radius 3 is 2.37 bits per heavy atom. The van der Waals surface area contributed by atoms with Gasteiger partial charge in [0.05, 0.1) is 11.4 Å². The van der Waals surface area contributed by atoms with Crippen LogP contribution >= 0.6 is 39.1 Å². The van der Waals surface area contributed by atoms with Gasteiger partial charge in [-0.25, -0.2) is 9.48 Å². The van der Waals surface area contributed by atoms with Crippen LogP contribution in [0.15, 0.2) is 77.5 Å². The number of benzene rings is 2. The molecule has 0 unspecified atom stereocenters. The van der Waals surface area contributed by atoms with Crippen molar-refractivity contribution >= 4 is 56.7 Å². The van der Waals surface area contributed by atoms with Crippen molar-refractivity contribution in [1.29, 1.82) is 0 Å². The molecule has 0 radical (unpaired) electrons. The average molecular weight is 503 g/mol. The van der Waals surface area contributed by atoms with Gasteiger partial charge in [0, 0.05) is 44.2 Å². The fraction of sp³-hybridized carbons (Fsp3) is 0. The summed E-state index contributed by atoms with van der Waals surface area (Å²) in [6, 6.07) is 17.5. The van der Waals surface area contributed by atoms with Crippen molar-refractivity contribution in [1.82, 2.24) is 14.8 Å². The molecule has 0 aliphatic heterocycles. The number of nitrogens with one attached hydrogen (secondary N) is 2. The molecule has 0 saturated heterocycles. The van der Waals surface area contributed by atoms with E-state index in [2.05, 4.69) is 36.6 Å². The molecule has 0 bridgehead atoms. The first-order valence-electron chi connectivity index (χ1n) is 8.78. The van der Waals surface area contributed by atoms with E-state index in [1.54, 1.807) is 41.3 Å². The largest absolute Gasteiger partial charge is 0.324 e. The lowest BCUT2D eigenvalue weighted by molar-refractivity contribution is 0.262. The Labute approximate surface area is 191 Å². The summed E-state index contributed by atoms with van der Waals surface area (Å²) in [5.74, 6) is 0.488. The highest BCUT2D eigenvalue weighted by Crippen LogP contribution is 2.26. The predicted molar refractivity (Wildman–Crippen MR) is 124 cm³/mol. The lowest BCUT2D eigenvalue weighted by atomic mass is 10.2. The highest BCUT2D eigenvalue weighted by Gasteiger charge is 2.14. The molecule has 30 heavy (non-hydrogen) atoms. The summed E-state index contributed by atoms with van der Waals surface area (Å²) in [4.78, 5) is 16.8. The van der Waals surface area contributed by atoms with Gasteiger partial charge in [0.15, 0.2) is 0 Å². The minimum absolute atomic E-state index is 0.427. The summed E-state index contributed by atoms with van der Waals surface area (Å²) in [6.45, 7) is 0. The topological polar surface area (TPSA) is 71.8 Å². The third-order valence-corrected chi connectivity index (χ3v) is 5.06. The molecule has 150 valence electrons. The van der Waals surface area contributed by atoms with Gasteiger partial charge in [0.2, 0.25) is 0 Å². The van der Waals surface area contributed by atoms with Crippen LogP contribution in [-0.2, 0) is 0 Å².